The van der Waals surface area contributed by atoms with E-state index in [0.29, 0.717) is 25.6 Å². The van der Waals surface area contributed by atoms with Gasteiger partial charge >= 0.3 is 0 Å². The van der Waals surface area contributed by atoms with E-state index >= 15 is 0 Å². The van der Waals surface area contributed by atoms with Crippen LogP contribution in [0.25, 0.3) is 0 Å². The third-order valence-electron chi connectivity index (χ3n) is 4.29. The molecule has 2 rings (SSSR count). The largest absolute Gasteiger partial charge is 0.319 e. The van der Waals surface area contributed by atoms with Crippen molar-refractivity contribution in [1.82, 2.24) is 14.5 Å². The van der Waals surface area contributed by atoms with Crippen LogP contribution in [0.1, 0.15) is 25.7 Å². The Labute approximate surface area is 117 Å². The molecule has 2 fully saturated rings. The normalized spacial score (nSPS) is 24.1. The van der Waals surface area contributed by atoms with Crippen molar-refractivity contribution in [2.24, 2.45) is 5.92 Å². The standard InChI is InChI=1S/C13H27N3O2S/c1-14-6-11-19(17,18)16-9-4-13(5-10-16)12-15-7-2-3-8-15/h13-14H,2-12H2,1H3. The van der Waals surface area contributed by atoms with Gasteiger partial charge in [0.2, 0.25) is 10.0 Å². The fraction of sp³-hybridized carbons (Fsp3) is 1.00. The minimum atomic E-state index is -3.04. The van der Waals surface area contributed by atoms with Gasteiger partial charge in [-0.1, -0.05) is 0 Å². The molecule has 1 N–H and O–H groups in total. The molecule has 2 saturated heterocycles. The molecule has 5 nitrogen and oxygen atoms in total. The van der Waals surface area contributed by atoms with Crippen LogP contribution in [-0.4, -0.2) is 69.7 Å². The molecule has 0 aliphatic carbocycles. The molecule has 0 unspecified atom stereocenters. The van der Waals surface area contributed by atoms with Crippen LogP contribution in [0.3, 0.4) is 0 Å². The highest BCUT2D eigenvalue weighted by atomic mass is 32.2. The van der Waals surface area contributed by atoms with Gasteiger partial charge < -0.3 is 10.2 Å². The quantitative estimate of drug-likeness (QED) is 0.766. The number of hydrogen-bond donors (Lipinski definition) is 1. The van der Waals surface area contributed by atoms with Crippen LogP contribution in [0, 0.1) is 5.92 Å². The maximum atomic E-state index is 12.1. The van der Waals surface area contributed by atoms with Gasteiger partial charge in [0.15, 0.2) is 0 Å². The fourth-order valence-corrected chi connectivity index (χ4v) is 4.55. The van der Waals surface area contributed by atoms with Gasteiger partial charge in [0.1, 0.15) is 0 Å². The second kappa shape index (κ2) is 7.02. The SMILES string of the molecule is CNCCS(=O)(=O)N1CCC(CN2CCCC2)CC1. The third kappa shape index (κ3) is 4.41. The summed E-state index contributed by atoms with van der Waals surface area (Å²) in [6.45, 7) is 5.61. The Morgan fingerprint density at radius 1 is 1.11 bits per heavy atom. The van der Waals surface area contributed by atoms with Crippen molar-refractivity contribution < 1.29 is 8.42 Å². The van der Waals surface area contributed by atoms with E-state index in [9.17, 15) is 8.42 Å². The molecule has 2 heterocycles. The zero-order chi connectivity index (χ0) is 13.7. The Balaban J connectivity index is 1.75. The number of hydrogen-bond acceptors (Lipinski definition) is 4. The molecule has 0 bridgehead atoms. The van der Waals surface area contributed by atoms with Gasteiger partial charge in [-0.2, -0.15) is 0 Å². The maximum absolute atomic E-state index is 12.1. The van der Waals surface area contributed by atoms with Crippen LogP contribution in [0.2, 0.25) is 0 Å². The van der Waals surface area contributed by atoms with Crippen LogP contribution in [0.5, 0.6) is 0 Å². The van der Waals surface area contributed by atoms with Crippen LogP contribution < -0.4 is 5.32 Å². The number of likely N-dealkylation sites (tertiary alicyclic amines) is 1. The predicted molar refractivity (Wildman–Crippen MR) is 77.7 cm³/mol. The van der Waals surface area contributed by atoms with E-state index in [4.69, 9.17) is 0 Å². The van der Waals surface area contributed by atoms with Crippen LogP contribution in [-0.2, 0) is 10.0 Å². The Kier molecular flexibility index (Phi) is 5.62. The fourth-order valence-electron chi connectivity index (χ4n) is 3.06. The average Bonchev–Trinajstić information content (AvgIpc) is 2.90. The molecule has 19 heavy (non-hydrogen) atoms. The highest BCUT2D eigenvalue weighted by molar-refractivity contribution is 7.89. The predicted octanol–water partition coefficient (Wildman–Crippen LogP) is 0.343. The lowest BCUT2D eigenvalue weighted by Gasteiger charge is -2.33. The number of sulfonamides is 1. The minimum Gasteiger partial charge on any atom is -0.319 e. The molecular weight excluding hydrogens is 262 g/mol. The third-order valence-corrected chi connectivity index (χ3v) is 6.16. The first-order valence-electron chi connectivity index (χ1n) is 7.46. The molecule has 112 valence electrons. The van der Waals surface area contributed by atoms with E-state index in [1.54, 1.807) is 11.4 Å². The number of rotatable bonds is 6. The van der Waals surface area contributed by atoms with Crippen LogP contribution in [0.15, 0.2) is 0 Å². The van der Waals surface area contributed by atoms with E-state index < -0.39 is 10.0 Å². The Morgan fingerprint density at radius 3 is 2.32 bits per heavy atom. The molecule has 0 amide bonds. The van der Waals surface area contributed by atoms with Crippen molar-refractivity contribution in [1.29, 1.82) is 0 Å². The zero-order valence-corrected chi connectivity index (χ0v) is 12.8. The summed E-state index contributed by atoms with van der Waals surface area (Å²) in [5.74, 6) is 0.911. The molecule has 0 saturated carbocycles. The molecule has 2 aliphatic heterocycles. The monoisotopic (exact) mass is 289 g/mol. The summed E-state index contributed by atoms with van der Waals surface area (Å²) >= 11 is 0. The van der Waals surface area contributed by atoms with Gasteiger partial charge in [-0.3, -0.25) is 0 Å². The van der Waals surface area contributed by atoms with E-state index in [1.807, 2.05) is 0 Å². The number of nitrogens with one attached hydrogen (secondary N) is 1. The molecule has 0 aromatic carbocycles. The first kappa shape index (κ1) is 15.2. The highest BCUT2D eigenvalue weighted by Crippen LogP contribution is 2.22. The second-order valence-electron chi connectivity index (χ2n) is 5.77. The Bertz CT molecular complexity index is 358. The molecule has 0 atom stereocenters. The summed E-state index contributed by atoms with van der Waals surface area (Å²) in [6.07, 6.45) is 4.71. The first-order chi connectivity index (χ1) is 9.12. The smallest absolute Gasteiger partial charge is 0.215 e. The van der Waals surface area contributed by atoms with E-state index in [1.165, 1.54) is 32.5 Å². The Morgan fingerprint density at radius 2 is 1.74 bits per heavy atom. The maximum Gasteiger partial charge on any atom is 0.215 e. The Hall–Kier alpha value is -0.170. The topological polar surface area (TPSA) is 52.7 Å². The molecule has 2 aliphatic rings. The molecule has 0 aromatic rings. The summed E-state index contributed by atoms with van der Waals surface area (Å²) in [7, 11) is -1.25. The minimum absolute atomic E-state index is 0.223. The summed E-state index contributed by atoms with van der Waals surface area (Å²) in [4.78, 5) is 2.54. The van der Waals surface area contributed by atoms with Crippen molar-refractivity contribution in [3.8, 4) is 0 Å². The highest BCUT2D eigenvalue weighted by Gasteiger charge is 2.28. The van der Waals surface area contributed by atoms with Gasteiger partial charge in [0, 0.05) is 26.2 Å². The van der Waals surface area contributed by atoms with Crippen LogP contribution >= 0.6 is 0 Å². The van der Waals surface area contributed by atoms with Gasteiger partial charge in [-0.05, 0) is 51.7 Å². The van der Waals surface area contributed by atoms with Crippen molar-refractivity contribution in [3.05, 3.63) is 0 Å². The summed E-state index contributed by atoms with van der Waals surface area (Å²) in [5.41, 5.74) is 0. The zero-order valence-electron chi connectivity index (χ0n) is 12.0. The number of nitrogens with zero attached hydrogens (tertiary/aromatic N) is 2. The van der Waals surface area contributed by atoms with Crippen molar-refractivity contribution >= 4 is 10.0 Å². The van der Waals surface area contributed by atoms with Gasteiger partial charge in [0.25, 0.3) is 0 Å². The lowest BCUT2D eigenvalue weighted by molar-refractivity contribution is 0.206. The van der Waals surface area contributed by atoms with Crippen molar-refractivity contribution in [3.63, 3.8) is 0 Å². The molecule has 0 radical (unpaired) electrons. The molecular formula is C13H27N3O2S. The van der Waals surface area contributed by atoms with E-state index in [-0.39, 0.29) is 5.75 Å². The summed E-state index contributed by atoms with van der Waals surface area (Å²) in [5, 5.41) is 2.91. The van der Waals surface area contributed by atoms with Gasteiger partial charge in [0.05, 0.1) is 5.75 Å². The molecule has 0 spiro atoms. The van der Waals surface area contributed by atoms with E-state index in [2.05, 4.69) is 10.2 Å². The van der Waals surface area contributed by atoms with Crippen LogP contribution in [0.4, 0.5) is 0 Å². The van der Waals surface area contributed by atoms with Crippen molar-refractivity contribution in [2.75, 3.05) is 52.1 Å². The number of piperidine rings is 1. The van der Waals surface area contributed by atoms with Gasteiger partial charge in [-0.15, -0.1) is 0 Å². The summed E-state index contributed by atoms with van der Waals surface area (Å²) in [6, 6.07) is 0. The lowest BCUT2D eigenvalue weighted by atomic mass is 9.98. The average molecular weight is 289 g/mol. The van der Waals surface area contributed by atoms with Gasteiger partial charge in [-0.25, -0.2) is 12.7 Å². The molecule has 6 heteroatoms. The molecule has 0 aromatic heterocycles. The van der Waals surface area contributed by atoms with Crippen molar-refractivity contribution in [2.45, 2.75) is 25.7 Å². The summed E-state index contributed by atoms with van der Waals surface area (Å²) < 4.78 is 25.8. The second-order valence-corrected chi connectivity index (χ2v) is 7.86. The first-order valence-corrected chi connectivity index (χ1v) is 9.07. The lowest BCUT2D eigenvalue weighted by Crippen LogP contribution is -2.43. The van der Waals surface area contributed by atoms with E-state index in [0.717, 1.165) is 12.8 Å².